The smallest absolute Gasteiger partial charge is 0.420 e. The van der Waals surface area contributed by atoms with E-state index >= 15 is 0 Å². The quantitative estimate of drug-likeness (QED) is 0.364. The summed E-state index contributed by atoms with van der Waals surface area (Å²) in [6.07, 6.45) is 0. The van der Waals surface area contributed by atoms with E-state index in [4.69, 9.17) is 13.9 Å². The van der Waals surface area contributed by atoms with Crippen LogP contribution in [0.3, 0.4) is 0 Å². The van der Waals surface area contributed by atoms with Gasteiger partial charge in [-0.25, -0.2) is 17.9 Å². The first-order valence-electron chi connectivity index (χ1n) is 10.5. The van der Waals surface area contributed by atoms with Crippen LogP contribution < -0.4 is 25.3 Å². The number of ether oxygens (including phenoxy) is 2. The van der Waals surface area contributed by atoms with Crippen LogP contribution in [0.1, 0.15) is 5.56 Å². The van der Waals surface area contributed by atoms with Gasteiger partial charge in [0.2, 0.25) is 15.9 Å². The molecule has 1 aromatic heterocycles. The van der Waals surface area contributed by atoms with Crippen LogP contribution in [-0.2, 0) is 27.9 Å². The lowest BCUT2D eigenvalue weighted by molar-refractivity contribution is -0.116. The molecule has 2 N–H and O–H groups in total. The Morgan fingerprint density at radius 2 is 1.66 bits per heavy atom. The van der Waals surface area contributed by atoms with Gasteiger partial charge >= 0.3 is 5.76 Å². The van der Waals surface area contributed by atoms with Crippen LogP contribution in [0, 0.1) is 0 Å². The molecule has 0 aliphatic heterocycles. The van der Waals surface area contributed by atoms with Crippen LogP contribution in [0.5, 0.6) is 11.5 Å². The van der Waals surface area contributed by atoms with Crippen molar-refractivity contribution in [3.8, 4) is 11.5 Å². The summed E-state index contributed by atoms with van der Waals surface area (Å²) in [6, 6.07) is 18.0. The molecule has 1 heterocycles. The van der Waals surface area contributed by atoms with Gasteiger partial charge in [-0.2, -0.15) is 0 Å². The molecule has 0 spiro atoms. The number of hydrogen-bond donors (Lipinski definition) is 2. The lowest BCUT2D eigenvalue weighted by atomic mass is 10.2. The summed E-state index contributed by atoms with van der Waals surface area (Å²) in [5, 5.41) is 2.68. The van der Waals surface area contributed by atoms with Crippen LogP contribution >= 0.6 is 0 Å². The summed E-state index contributed by atoms with van der Waals surface area (Å²) < 4.78 is 44.6. The number of aromatic nitrogens is 1. The van der Waals surface area contributed by atoms with Crippen LogP contribution in [0.2, 0.25) is 0 Å². The van der Waals surface area contributed by atoms with E-state index in [0.717, 1.165) is 10.1 Å². The first-order valence-corrected chi connectivity index (χ1v) is 12.0. The van der Waals surface area contributed by atoms with Gasteiger partial charge in [-0.15, -0.1) is 0 Å². The fraction of sp³-hybridized carbons (Fsp3) is 0.167. The highest BCUT2D eigenvalue weighted by Crippen LogP contribution is 2.26. The Balaban J connectivity index is 1.52. The van der Waals surface area contributed by atoms with Gasteiger partial charge in [-0.1, -0.05) is 30.3 Å². The molecule has 3 aromatic carbocycles. The van der Waals surface area contributed by atoms with E-state index < -0.39 is 21.7 Å². The molecule has 4 rings (SSSR count). The minimum absolute atomic E-state index is 0.0495. The summed E-state index contributed by atoms with van der Waals surface area (Å²) in [4.78, 5) is 25.0. The zero-order chi connectivity index (χ0) is 25.0. The number of hydrogen-bond acceptors (Lipinski definition) is 7. The van der Waals surface area contributed by atoms with Gasteiger partial charge in [-0.3, -0.25) is 9.36 Å². The van der Waals surface area contributed by atoms with Crippen molar-refractivity contribution < 1.29 is 27.1 Å². The van der Waals surface area contributed by atoms with Crippen molar-refractivity contribution in [3.05, 3.63) is 82.8 Å². The monoisotopic (exact) mass is 497 g/mol. The molecule has 0 saturated heterocycles. The van der Waals surface area contributed by atoms with Gasteiger partial charge in [0, 0.05) is 36.5 Å². The molecule has 0 bridgehead atoms. The van der Waals surface area contributed by atoms with Crippen LogP contribution in [-0.4, -0.2) is 33.1 Å². The minimum atomic E-state index is -3.85. The Kier molecular flexibility index (Phi) is 6.90. The third-order valence-corrected chi connectivity index (χ3v) is 6.59. The summed E-state index contributed by atoms with van der Waals surface area (Å²) in [7, 11) is -0.876. The third kappa shape index (κ3) is 5.53. The highest BCUT2D eigenvalue weighted by molar-refractivity contribution is 7.89. The summed E-state index contributed by atoms with van der Waals surface area (Å²) >= 11 is 0. The Bertz CT molecular complexity index is 1500. The van der Waals surface area contributed by atoms with Crippen molar-refractivity contribution in [3.63, 3.8) is 0 Å². The van der Waals surface area contributed by atoms with Gasteiger partial charge < -0.3 is 19.2 Å². The minimum Gasteiger partial charge on any atom is -0.497 e. The van der Waals surface area contributed by atoms with Gasteiger partial charge in [0.25, 0.3) is 0 Å². The van der Waals surface area contributed by atoms with E-state index in [0.29, 0.717) is 17.2 Å². The second-order valence-corrected chi connectivity index (χ2v) is 9.31. The molecular weight excluding hydrogens is 474 g/mol. The molecular formula is C24H23N3O7S. The van der Waals surface area contributed by atoms with Crippen molar-refractivity contribution >= 4 is 32.7 Å². The molecule has 0 atom stereocenters. The highest BCUT2D eigenvalue weighted by atomic mass is 32.2. The molecule has 0 aliphatic rings. The van der Waals surface area contributed by atoms with Crippen molar-refractivity contribution in [1.29, 1.82) is 0 Å². The number of carbonyl (C=O) groups excluding carboxylic acids is 1. The number of nitrogens with one attached hydrogen (secondary N) is 2. The normalized spacial score (nSPS) is 11.4. The summed E-state index contributed by atoms with van der Waals surface area (Å²) in [5.74, 6) is -0.308. The number of oxazole rings is 1. The molecule has 0 aliphatic carbocycles. The number of methoxy groups -OCH3 is 2. The first kappa shape index (κ1) is 24.0. The summed E-state index contributed by atoms with van der Waals surface area (Å²) in [5.41, 5.74) is 1.56. The zero-order valence-electron chi connectivity index (χ0n) is 19.0. The van der Waals surface area contributed by atoms with Gasteiger partial charge in [0.15, 0.2) is 5.58 Å². The van der Waals surface area contributed by atoms with Crippen molar-refractivity contribution in [2.75, 3.05) is 19.5 Å². The number of nitrogens with zero attached hydrogens (tertiary/aromatic N) is 1. The van der Waals surface area contributed by atoms with E-state index in [1.54, 1.807) is 30.3 Å². The Morgan fingerprint density at radius 3 is 2.31 bits per heavy atom. The fourth-order valence-corrected chi connectivity index (χ4v) is 4.48. The molecule has 0 radical (unpaired) electrons. The number of rotatable bonds is 9. The van der Waals surface area contributed by atoms with Gasteiger partial charge in [0.1, 0.15) is 18.0 Å². The zero-order valence-corrected chi connectivity index (χ0v) is 19.8. The largest absolute Gasteiger partial charge is 0.497 e. The van der Waals surface area contributed by atoms with Gasteiger partial charge in [-0.05, 0) is 17.7 Å². The van der Waals surface area contributed by atoms with Crippen LogP contribution in [0.25, 0.3) is 11.1 Å². The molecule has 35 heavy (non-hydrogen) atoms. The number of carbonyl (C=O) groups is 1. The third-order valence-electron chi connectivity index (χ3n) is 5.20. The maximum Gasteiger partial charge on any atom is 0.420 e. The Morgan fingerprint density at radius 1 is 0.971 bits per heavy atom. The maximum atomic E-state index is 12.7. The number of benzene rings is 3. The Labute approximate surface area is 201 Å². The SMILES string of the molecule is COc1cc(NC(=O)Cn2c(=O)oc3cc(S(=O)(=O)NCc4ccccc4)ccc32)cc(OC)c1. The predicted octanol–water partition coefficient (Wildman–Crippen LogP) is 2.73. The van der Waals surface area contributed by atoms with E-state index in [1.165, 1.54) is 32.4 Å². The van der Waals surface area contributed by atoms with Crippen molar-refractivity contribution in [2.45, 2.75) is 18.0 Å². The molecule has 0 saturated carbocycles. The Hall–Kier alpha value is -4.09. The number of sulfonamides is 1. The van der Waals surface area contributed by atoms with Gasteiger partial charge in [0.05, 0.1) is 24.6 Å². The maximum absolute atomic E-state index is 12.7. The van der Waals surface area contributed by atoms with Crippen molar-refractivity contribution in [1.82, 2.24) is 9.29 Å². The van der Waals surface area contributed by atoms with Crippen molar-refractivity contribution in [2.24, 2.45) is 0 Å². The fourth-order valence-electron chi connectivity index (χ4n) is 3.44. The summed E-state index contributed by atoms with van der Waals surface area (Å²) in [6.45, 7) is -0.231. The molecule has 0 fully saturated rings. The average Bonchev–Trinajstić information content (AvgIpc) is 3.17. The molecule has 4 aromatic rings. The lowest BCUT2D eigenvalue weighted by Gasteiger charge is -2.10. The lowest BCUT2D eigenvalue weighted by Crippen LogP contribution is -2.25. The van der Waals surface area contributed by atoms with Crippen LogP contribution in [0.4, 0.5) is 5.69 Å². The molecule has 11 heteroatoms. The molecule has 1 amide bonds. The predicted molar refractivity (Wildman–Crippen MR) is 129 cm³/mol. The topological polar surface area (TPSA) is 129 Å². The molecule has 0 unspecified atom stereocenters. The number of anilines is 1. The second kappa shape index (κ2) is 10.0. The second-order valence-electron chi connectivity index (χ2n) is 7.54. The van der Waals surface area contributed by atoms with Crippen LogP contribution in [0.15, 0.2) is 80.8 Å². The number of fused-ring (bicyclic) bond motifs is 1. The van der Waals surface area contributed by atoms with E-state index in [2.05, 4.69) is 10.0 Å². The first-order chi connectivity index (χ1) is 16.8. The molecule has 182 valence electrons. The standard InChI is InChI=1S/C24H23N3O7S/c1-32-18-10-17(11-19(12-18)33-2)26-23(28)15-27-21-9-8-20(13-22(21)34-24(27)29)35(30,31)25-14-16-6-4-3-5-7-16/h3-13,25H,14-15H2,1-2H3,(H,26,28). The molecule has 10 nitrogen and oxygen atoms in total. The number of amides is 1. The highest BCUT2D eigenvalue weighted by Gasteiger charge is 2.19. The van der Waals surface area contributed by atoms with E-state index in [-0.39, 0.29) is 29.1 Å². The van der Waals surface area contributed by atoms with E-state index in [1.807, 2.05) is 18.2 Å². The average molecular weight is 498 g/mol. The van der Waals surface area contributed by atoms with E-state index in [9.17, 15) is 18.0 Å².